The molecular formula is C17H24N2O3S2. The highest BCUT2D eigenvalue weighted by molar-refractivity contribution is 7.88. The van der Waals surface area contributed by atoms with Crippen molar-refractivity contribution in [2.24, 2.45) is 0 Å². The molecule has 0 bridgehead atoms. The summed E-state index contributed by atoms with van der Waals surface area (Å²) in [7, 11) is -3.54. The second-order valence-corrected chi connectivity index (χ2v) is 9.25. The van der Waals surface area contributed by atoms with E-state index in [1.54, 1.807) is 12.1 Å². The molecule has 0 aliphatic carbocycles. The van der Waals surface area contributed by atoms with Crippen LogP contribution in [-0.4, -0.2) is 54.5 Å². The summed E-state index contributed by atoms with van der Waals surface area (Å²) in [6, 6.07) is 8.51. The molecule has 1 aromatic carbocycles. The van der Waals surface area contributed by atoms with Crippen LogP contribution in [0.5, 0.6) is 0 Å². The van der Waals surface area contributed by atoms with Gasteiger partial charge < -0.3 is 4.90 Å². The predicted molar refractivity (Wildman–Crippen MR) is 97.4 cm³/mol. The highest BCUT2D eigenvalue weighted by Crippen LogP contribution is 2.28. The molecule has 1 amide bonds. The second-order valence-electron chi connectivity index (χ2n) is 6.60. The minimum absolute atomic E-state index is 0.0529. The van der Waals surface area contributed by atoms with Crippen molar-refractivity contribution in [1.29, 1.82) is 0 Å². The number of likely N-dealkylation sites (tertiary alicyclic amines) is 1. The van der Waals surface area contributed by atoms with E-state index in [9.17, 15) is 13.2 Å². The molecular weight excluding hydrogens is 344 g/mol. The number of thiol groups is 1. The summed E-state index contributed by atoms with van der Waals surface area (Å²) in [4.78, 5) is 14.7. The van der Waals surface area contributed by atoms with Crippen LogP contribution in [0.1, 0.15) is 31.2 Å². The number of piperidine rings is 1. The summed E-state index contributed by atoms with van der Waals surface area (Å²) in [5.41, 5.74) is 0.740. The van der Waals surface area contributed by atoms with Crippen molar-refractivity contribution in [3.05, 3.63) is 35.9 Å². The van der Waals surface area contributed by atoms with Crippen LogP contribution >= 0.6 is 12.6 Å². The molecule has 1 aromatic rings. The first kappa shape index (κ1) is 17.8. The molecule has 5 nitrogen and oxygen atoms in total. The molecule has 0 spiro atoms. The van der Waals surface area contributed by atoms with Crippen molar-refractivity contribution in [1.82, 2.24) is 9.21 Å². The van der Waals surface area contributed by atoms with Crippen molar-refractivity contribution >= 4 is 28.6 Å². The zero-order valence-electron chi connectivity index (χ0n) is 13.7. The maximum atomic E-state index is 12.9. The third-order valence-corrected chi connectivity index (χ3v) is 6.93. The summed E-state index contributed by atoms with van der Waals surface area (Å²) in [6.45, 7) is 1.78. The van der Waals surface area contributed by atoms with Gasteiger partial charge in [-0.15, -0.1) is 0 Å². The molecule has 7 heteroatoms. The van der Waals surface area contributed by atoms with Crippen LogP contribution in [0.3, 0.4) is 0 Å². The van der Waals surface area contributed by atoms with E-state index in [2.05, 4.69) is 12.6 Å². The Balaban J connectivity index is 1.77. The van der Waals surface area contributed by atoms with Gasteiger partial charge in [0.1, 0.15) is 6.04 Å². The van der Waals surface area contributed by atoms with Crippen molar-refractivity contribution in [3.8, 4) is 0 Å². The van der Waals surface area contributed by atoms with Crippen molar-refractivity contribution in [3.63, 3.8) is 0 Å². The van der Waals surface area contributed by atoms with Gasteiger partial charge in [0.2, 0.25) is 15.9 Å². The number of amides is 1. The zero-order valence-corrected chi connectivity index (χ0v) is 15.4. The summed E-state index contributed by atoms with van der Waals surface area (Å²) in [6.07, 6.45) is 3.63. The van der Waals surface area contributed by atoms with E-state index in [1.807, 2.05) is 23.1 Å². The SMILES string of the molecule is O=C([C@@H]1C[C@H](S)CN1S(=O)(=O)Cc1ccccc1)N1CCCCC1. The molecule has 132 valence electrons. The minimum Gasteiger partial charge on any atom is -0.341 e. The fourth-order valence-corrected chi connectivity index (χ4v) is 5.75. The monoisotopic (exact) mass is 368 g/mol. The standard InChI is InChI=1S/C17H24N2O3S2/c20-17(18-9-5-2-6-10-18)16-11-15(23)12-19(16)24(21,22)13-14-7-3-1-4-8-14/h1,3-4,7-8,15-16,23H,2,5-6,9-13H2/t15-,16-/m0/s1. The Morgan fingerprint density at radius 1 is 1.12 bits per heavy atom. The fraction of sp³-hybridized carbons (Fsp3) is 0.588. The Morgan fingerprint density at radius 2 is 1.79 bits per heavy atom. The number of carbonyl (C=O) groups is 1. The summed E-state index contributed by atoms with van der Waals surface area (Å²) in [5.74, 6) is -0.124. The Bertz CT molecular complexity index is 672. The van der Waals surface area contributed by atoms with Gasteiger partial charge in [0.15, 0.2) is 0 Å². The van der Waals surface area contributed by atoms with E-state index in [4.69, 9.17) is 0 Å². The van der Waals surface area contributed by atoms with Crippen LogP contribution < -0.4 is 0 Å². The number of nitrogens with zero attached hydrogens (tertiary/aromatic N) is 2. The molecule has 2 aliphatic heterocycles. The highest BCUT2D eigenvalue weighted by Gasteiger charge is 2.43. The molecule has 2 aliphatic rings. The highest BCUT2D eigenvalue weighted by atomic mass is 32.2. The third kappa shape index (κ3) is 3.95. The number of rotatable bonds is 4. The maximum absolute atomic E-state index is 12.9. The van der Waals surface area contributed by atoms with E-state index in [1.165, 1.54) is 4.31 Å². The molecule has 2 heterocycles. The van der Waals surface area contributed by atoms with Gasteiger partial charge in [0.05, 0.1) is 5.75 Å². The van der Waals surface area contributed by atoms with E-state index in [0.29, 0.717) is 13.0 Å². The number of carbonyl (C=O) groups excluding carboxylic acids is 1. The van der Waals surface area contributed by atoms with Crippen LogP contribution in [0.4, 0.5) is 0 Å². The second kappa shape index (κ2) is 7.45. The van der Waals surface area contributed by atoms with Crippen LogP contribution in [0.2, 0.25) is 0 Å². The normalized spacial score (nSPS) is 25.8. The molecule has 2 fully saturated rings. The van der Waals surface area contributed by atoms with Gasteiger partial charge in [-0.1, -0.05) is 30.3 Å². The molecule has 2 saturated heterocycles. The molecule has 24 heavy (non-hydrogen) atoms. The smallest absolute Gasteiger partial charge is 0.241 e. The Kier molecular flexibility index (Phi) is 5.52. The summed E-state index contributed by atoms with van der Waals surface area (Å²) < 4.78 is 27.1. The lowest BCUT2D eigenvalue weighted by Gasteiger charge is -2.32. The lowest BCUT2D eigenvalue weighted by atomic mass is 10.1. The van der Waals surface area contributed by atoms with Gasteiger partial charge in [-0.05, 0) is 31.2 Å². The number of hydrogen-bond donors (Lipinski definition) is 1. The Labute approximate surface area is 149 Å². The van der Waals surface area contributed by atoms with E-state index in [0.717, 1.165) is 37.9 Å². The minimum atomic E-state index is -3.54. The summed E-state index contributed by atoms with van der Waals surface area (Å²) >= 11 is 4.45. The predicted octanol–water partition coefficient (Wildman–Crippen LogP) is 1.90. The number of sulfonamides is 1. The van der Waals surface area contributed by atoms with E-state index < -0.39 is 16.1 Å². The molecule has 0 aromatic heterocycles. The van der Waals surface area contributed by atoms with Gasteiger partial charge in [-0.2, -0.15) is 16.9 Å². The maximum Gasteiger partial charge on any atom is 0.241 e. The summed E-state index contributed by atoms with van der Waals surface area (Å²) in [5, 5.41) is -0.0886. The molecule has 0 radical (unpaired) electrons. The van der Waals surface area contributed by atoms with Crippen LogP contribution in [0.25, 0.3) is 0 Å². The third-order valence-electron chi connectivity index (χ3n) is 4.74. The van der Waals surface area contributed by atoms with Crippen molar-refractivity contribution in [2.75, 3.05) is 19.6 Å². The van der Waals surface area contributed by atoms with Gasteiger partial charge >= 0.3 is 0 Å². The van der Waals surface area contributed by atoms with Gasteiger partial charge in [0.25, 0.3) is 0 Å². The molecule has 0 unspecified atom stereocenters. The van der Waals surface area contributed by atoms with E-state index in [-0.39, 0.29) is 16.9 Å². The number of benzene rings is 1. The molecule has 0 saturated carbocycles. The fourth-order valence-electron chi connectivity index (χ4n) is 3.51. The molecule has 0 N–H and O–H groups in total. The first-order chi connectivity index (χ1) is 11.5. The Morgan fingerprint density at radius 3 is 2.46 bits per heavy atom. The van der Waals surface area contributed by atoms with Crippen molar-refractivity contribution < 1.29 is 13.2 Å². The topological polar surface area (TPSA) is 57.7 Å². The van der Waals surface area contributed by atoms with Gasteiger partial charge in [-0.25, -0.2) is 8.42 Å². The number of hydrogen-bond acceptors (Lipinski definition) is 4. The van der Waals surface area contributed by atoms with Crippen LogP contribution in [-0.2, 0) is 20.6 Å². The van der Waals surface area contributed by atoms with Crippen LogP contribution in [0.15, 0.2) is 30.3 Å². The molecule has 2 atom stereocenters. The quantitative estimate of drug-likeness (QED) is 0.826. The van der Waals surface area contributed by atoms with Gasteiger partial charge in [-0.3, -0.25) is 4.79 Å². The average Bonchev–Trinajstić information content (AvgIpc) is 2.98. The van der Waals surface area contributed by atoms with E-state index >= 15 is 0 Å². The Hall–Kier alpha value is -1.05. The van der Waals surface area contributed by atoms with Gasteiger partial charge in [0, 0.05) is 24.9 Å². The lowest BCUT2D eigenvalue weighted by Crippen LogP contribution is -2.49. The average molecular weight is 369 g/mol. The largest absolute Gasteiger partial charge is 0.341 e. The van der Waals surface area contributed by atoms with Crippen LogP contribution in [0, 0.1) is 0 Å². The first-order valence-corrected chi connectivity index (χ1v) is 10.6. The molecule has 3 rings (SSSR count). The lowest BCUT2D eigenvalue weighted by molar-refractivity contribution is -0.135. The van der Waals surface area contributed by atoms with Crippen molar-refractivity contribution in [2.45, 2.75) is 42.7 Å². The zero-order chi connectivity index (χ0) is 17.2. The first-order valence-electron chi connectivity index (χ1n) is 8.48.